The number of hydrogen-bond acceptors (Lipinski definition) is 0. The van der Waals surface area contributed by atoms with Gasteiger partial charge in [-0.05, 0) is 59.5 Å². The molecule has 0 spiro atoms. The van der Waals surface area contributed by atoms with Gasteiger partial charge in [-0.1, -0.05) is 43.0 Å². The molecule has 0 heteroatoms. The number of benzene rings is 2. The van der Waals surface area contributed by atoms with Gasteiger partial charge in [-0.2, -0.15) is 0 Å². The van der Waals surface area contributed by atoms with Crippen molar-refractivity contribution in [2.45, 2.75) is 20.8 Å². The molecule has 0 radical (unpaired) electrons. The summed E-state index contributed by atoms with van der Waals surface area (Å²) in [6.07, 6.45) is 2.25. The lowest BCUT2D eigenvalue weighted by molar-refractivity contribution is 1.33. The number of hydrogen-bond donors (Lipinski definition) is 0. The van der Waals surface area contributed by atoms with Crippen molar-refractivity contribution >= 4 is 12.7 Å². The predicted octanol–water partition coefficient (Wildman–Crippen LogP) is 2.85. The van der Waals surface area contributed by atoms with Crippen LogP contribution in [0.25, 0.3) is 12.7 Å². The first-order valence-electron chi connectivity index (χ1n) is 5.92. The molecule has 0 saturated heterocycles. The van der Waals surface area contributed by atoms with Gasteiger partial charge < -0.3 is 0 Å². The Morgan fingerprint density at radius 1 is 0.824 bits per heavy atom. The van der Waals surface area contributed by atoms with E-state index in [4.69, 9.17) is 0 Å². The molecular formula is C17H18. The van der Waals surface area contributed by atoms with E-state index in [1.54, 1.807) is 0 Å². The summed E-state index contributed by atoms with van der Waals surface area (Å²) in [5, 5.41) is 2.33. The van der Waals surface area contributed by atoms with Crippen molar-refractivity contribution in [3.8, 4) is 0 Å². The van der Waals surface area contributed by atoms with Gasteiger partial charge in [0.1, 0.15) is 0 Å². The van der Waals surface area contributed by atoms with Gasteiger partial charge in [0.25, 0.3) is 0 Å². The van der Waals surface area contributed by atoms with Gasteiger partial charge in [-0.15, -0.1) is 0 Å². The molecule has 0 atom stereocenters. The van der Waals surface area contributed by atoms with Crippen LogP contribution in [0.4, 0.5) is 0 Å². The summed E-state index contributed by atoms with van der Waals surface area (Å²) in [6, 6.07) is 12.7. The third-order valence-corrected chi connectivity index (χ3v) is 3.25. The Kier molecular flexibility index (Phi) is 3.14. The van der Waals surface area contributed by atoms with Crippen molar-refractivity contribution in [2.24, 2.45) is 0 Å². The van der Waals surface area contributed by atoms with Gasteiger partial charge in [-0.3, -0.25) is 0 Å². The molecule has 0 fully saturated rings. The second kappa shape index (κ2) is 4.58. The minimum Gasteiger partial charge on any atom is -0.0911 e. The van der Waals surface area contributed by atoms with E-state index in [0.717, 1.165) is 5.22 Å². The zero-order chi connectivity index (χ0) is 12.4. The van der Waals surface area contributed by atoms with Crippen molar-refractivity contribution in [3.05, 3.63) is 69.1 Å². The highest BCUT2D eigenvalue weighted by molar-refractivity contribution is 5.58. The second-order valence-electron chi connectivity index (χ2n) is 4.60. The Morgan fingerprint density at radius 2 is 1.35 bits per heavy atom. The molecule has 0 aliphatic carbocycles. The van der Waals surface area contributed by atoms with Crippen molar-refractivity contribution < 1.29 is 0 Å². The molecule has 2 rings (SSSR count). The van der Waals surface area contributed by atoms with Gasteiger partial charge in [0, 0.05) is 0 Å². The summed E-state index contributed by atoms with van der Waals surface area (Å²) in [7, 11) is 0. The van der Waals surface area contributed by atoms with Gasteiger partial charge in [0.2, 0.25) is 0 Å². The van der Waals surface area contributed by atoms with Crippen LogP contribution in [0.5, 0.6) is 0 Å². The second-order valence-corrected chi connectivity index (χ2v) is 4.60. The molecule has 17 heavy (non-hydrogen) atoms. The molecule has 2 aromatic carbocycles. The van der Waals surface area contributed by atoms with Crippen LogP contribution < -0.4 is 10.4 Å². The maximum Gasteiger partial charge on any atom is -0.0155 e. The quantitative estimate of drug-likeness (QED) is 0.696. The van der Waals surface area contributed by atoms with E-state index >= 15 is 0 Å². The first-order valence-corrected chi connectivity index (χ1v) is 5.92. The highest BCUT2D eigenvalue weighted by Gasteiger charge is 1.98. The fraction of sp³-hybridized carbons (Fsp3) is 0.176. The molecule has 0 amide bonds. The fourth-order valence-electron chi connectivity index (χ4n) is 2.15. The lowest BCUT2D eigenvalue weighted by Gasteiger charge is -2.05. The fourth-order valence-corrected chi connectivity index (χ4v) is 2.15. The average molecular weight is 222 g/mol. The van der Waals surface area contributed by atoms with Crippen LogP contribution in [-0.2, 0) is 0 Å². The SMILES string of the molecule is C=c1cccc(C)/c1=C/c1c(C)cccc1C. The van der Waals surface area contributed by atoms with Crippen LogP contribution >= 0.6 is 0 Å². The lowest BCUT2D eigenvalue weighted by Crippen LogP contribution is -2.25. The minimum atomic E-state index is 1.09. The molecule has 0 aliphatic heterocycles. The maximum absolute atomic E-state index is 4.11. The number of aryl methyl sites for hydroxylation is 3. The third-order valence-electron chi connectivity index (χ3n) is 3.25. The van der Waals surface area contributed by atoms with Crippen LogP contribution in [0.15, 0.2) is 36.4 Å². The Hall–Kier alpha value is -1.82. The standard InChI is InChI=1S/C17H18/c1-12-7-5-8-13(2)16(12)11-17-14(3)9-6-10-15(17)4/h5-11H,1H2,2-4H3/b16-11+. The zero-order valence-electron chi connectivity index (χ0n) is 10.7. The largest absolute Gasteiger partial charge is 0.0911 e. The molecule has 0 bridgehead atoms. The van der Waals surface area contributed by atoms with Gasteiger partial charge >= 0.3 is 0 Å². The summed E-state index contributed by atoms with van der Waals surface area (Å²) in [5.41, 5.74) is 5.21. The van der Waals surface area contributed by atoms with Crippen molar-refractivity contribution in [1.82, 2.24) is 0 Å². The average Bonchev–Trinajstić information content (AvgIpc) is 2.27. The molecule has 0 heterocycles. The van der Waals surface area contributed by atoms with Crippen LogP contribution in [0.3, 0.4) is 0 Å². The third kappa shape index (κ3) is 2.31. The van der Waals surface area contributed by atoms with Crippen LogP contribution in [-0.4, -0.2) is 0 Å². The van der Waals surface area contributed by atoms with E-state index in [1.165, 1.54) is 27.5 Å². The molecule has 86 valence electrons. The minimum absolute atomic E-state index is 1.09. The lowest BCUT2D eigenvalue weighted by atomic mass is 10.0. The molecule has 0 unspecified atom stereocenters. The number of rotatable bonds is 1. The van der Waals surface area contributed by atoms with Crippen LogP contribution in [0, 0.1) is 20.8 Å². The van der Waals surface area contributed by atoms with E-state index < -0.39 is 0 Å². The Labute approximate surface area is 103 Å². The van der Waals surface area contributed by atoms with Crippen LogP contribution in [0.1, 0.15) is 22.3 Å². The summed E-state index contributed by atoms with van der Waals surface area (Å²) in [5.74, 6) is 0. The molecule has 0 aliphatic rings. The summed E-state index contributed by atoms with van der Waals surface area (Å²) < 4.78 is 0. The molecule has 2 aromatic rings. The van der Waals surface area contributed by atoms with E-state index in [1.807, 2.05) is 0 Å². The Balaban J connectivity index is 2.77. The van der Waals surface area contributed by atoms with Crippen LogP contribution in [0.2, 0.25) is 0 Å². The molecule has 0 N–H and O–H groups in total. The smallest absolute Gasteiger partial charge is 0.0155 e. The maximum atomic E-state index is 4.11. The van der Waals surface area contributed by atoms with Crippen molar-refractivity contribution in [3.63, 3.8) is 0 Å². The molecule has 0 aromatic heterocycles. The Morgan fingerprint density at radius 3 is 1.94 bits per heavy atom. The van der Waals surface area contributed by atoms with Gasteiger partial charge in [0.15, 0.2) is 0 Å². The van der Waals surface area contributed by atoms with Crippen molar-refractivity contribution in [1.29, 1.82) is 0 Å². The first kappa shape index (κ1) is 11.7. The highest BCUT2D eigenvalue weighted by atomic mass is 14.0. The zero-order valence-corrected chi connectivity index (χ0v) is 10.7. The van der Waals surface area contributed by atoms with E-state index in [2.05, 4.69) is 69.8 Å². The first-order chi connectivity index (χ1) is 8.09. The summed E-state index contributed by atoms with van der Waals surface area (Å²) >= 11 is 0. The van der Waals surface area contributed by atoms with Gasteiger partial charge in [0.05, 0.1) is 0 Å². The molecule has 0 nitrogen and oxygen atoms in total. The van der Waals surface area contributed by atoms with E-state index in [0.29, 0.717) is 0 Å². The molecule has 0 saturated carbocycles. The monoisotopic (exact) mass is 222 g/mol. The Bertz CT molecular complexity index is 628. The van der Waals surface area contributed by atoms with E-state index in [-0.39, 0.29) is 0 Å². The van der Waals surface area contributed by atoms with Gasteiger partial charge in [-0.25, -0.2) is 0 Å². The predicted molar refractivity (Wildman–Crippen MR) is 75.4 cm³/mol. The van der Waals surface area contributed by atoms with Crippen molar-refractivity contribution in [2.75, 3.05) is 0 Å². The summed E-state index contributed by atoms with van der Waals surface area (Å²) in [4.78, 5) is 0. The molecular weight excluding hydrogens is 204 g/mol. The highest BCUT2D eigenvalue weighted by Crippen LogP contribution is 2.13. The summed E-state index contributed by atoms with van der Waals surface area (Å²) in [6.45, 7) is 10.5. The topological polar surface area (TPSA) is 0 Å². The normalized spacial score (nSPS) is 11.8. The van der Waals surface area contributed by atoms with E-state index in [9.17, 15) is 0 Å².